The predicted octanol–water partition coefficient (Wildman–Crippen LogP) is 3.13. The zero-order valence-electron chi connectivity index (χ0n) is 14.7. The standard InChI is InChI=1S/C18H23FN4O2.ClH/c1-12(20)4-9-16(24)23-10-2-3-14(11-23)18-21-17(22-25-18)13-5-7-15(19)8-6-13;/h5-8,12,14H,2-4,9-11,20H2,1H3;1H. The summed E-state index contributed by atoms with van der Waals surface area (Å²) in [6.45, 7) is 3.25. The van der Waals surface area contributed by atoms with Crippen LogP contribution in [0.2, 0.25) is 0 Å². The van der Waals surface area contributed by atoms with Crippen molar-refractivity contribution in [1.82, 2.24) is 15.0 Å². The molecule has 3 rings (SSSR count). The Hall–Kier alpha value is -1.99. The number of aromatic nitrogens is 2. The molecule has 0 saturated carbocycles. The molecule has 1 aromatic heterocycles. The van der Waals surface area contributed by atoms with Gasteiger partial charge in [0.15, 0.2) is 0 Å². The van der Waals surface area contributed by atoms with Crippen molar-refractivity contribution in [3.63, 3.8) is 0 Å². The number of carbonyl (C=O) groups is 1. The molecule has 2 N–H and O–H groups in total. The lowest BCUT2D eigenvalue weighted by Gasteiger charge is -2.31. The van der Waals surface area contributed by atoms with Crippen molar-refractivity contribution in [3.05, 3.63) is 36.0 Å². The van der Waals surface area contributed by atoms with E-state index in [0.29, 0.717) is 36.7 Å². The number of hydrogen-bond acceptors (Lipinski definition) is 5. The van der Waals surface area contributed by atoms with E-state index >= 15 is 0 Å². The molecular weight excluding hydrogens is 359 g/mol. The Morgan fingerprint density at radius 1 is 1.42 bits per heavy atom. The number of nitrogens with zero attached hydrogens (tertiary/aromatic N) is 3. The molecule has 1 aromatic carbocycles. The fourth-order valence-electron chi connectivity index (χ4n) is 3.03. The van der Waals surface area contributed by atoms with E-state index in [9.17, 15) is 9.18 Å². The van der Waals surface area contributed by atoms with Gasteiger partial charge in [0.05, 0.1) is 5.92 Å². The van der Waals surface area contributed by atoms with Crippen LogP contribution in [0.5, 0.6) is 0 Å². The number of piperidine rings is 1. The van der Waals surface area contributed by atoms with Crippen molar-refractivity contribution >= 4 is 18.3 Å². The SMILES string of the molecule is CC(N)CCC(=O)N1CCCC(c2nc(-c3ccc(F)cc3)no2)C1.Cl. The minimum atomic E-state index is -0.305. The monoisotopic (exact) mass is 382 g/mol. The second-order valence-electron chi connectivity index (χ2n) is 6.66. The van der Waals surface area contributed by atoms with Gasteiger partial charge in [-0.1, -0.05) is 5.16 Å². The summed E-state index contributed by atoms with van der Waals surface area (Å²) >= 11 is 0. The summed E-state index contributed by atoms with van der Waals surface area (Å²) in [4.78, 5) is 18.6. The zero-order chi connectivity index (χ0) is 17.8. The highest BCUT2D eigenvalue weighted by molar-refractivity contribution is 5.85. The lowest BCUT2D eigenvalue weighted by molar-refractivity contribution is -0.132. The third-order valence-electron chi connectivity index (χ3n) is 4.48. The van der Waals surface area contributed by atoms with Crippen molar-refractivity contribution < 1.29 is 13.7 Å². The summed E-state index contributed by atoms with van der Waals surface area (Å²) in [6.07, 6.45) is 2.97. The van der Waals surface area contributed by atoms with Gasteiger partial charge in [-0.15, -0.1) is 12.4 Å². The number of rotatable bonds is 5. The van der Waals surface area contributed by atoms with Gasteiger partial charge in [0.1, 0.15) is 5.82 Å². The summed E-state index contributed by atoms with van der Waals surface area (Å²) < 4.78 is 18.4. The van der Waals surface area contributed by atoms with Crippen LogP contribution in [0.1, 0.15) is 44.4 Å². The lowest BCUT2D eigenvalue weighted by atomic mass is 9.97. The summed E-state index contributed by atoms with van der Waals surface area (Å²) in [7, 11) is 0. The molecule has 0 bridgehead atoms. The maximum Gasteiger partial charge on any atom is 0.231 e. The molecule has 0 aliphatic carbocycles. The van der Waals surface area contributed by atoms with E-state index in [2.05, 4.69) is 10.1 Å². The molecule has 0 radical (unpaired) electrons. The minimum Gasteiger partial charge on any atom is -0.342 e. The van der Waals surface area contributed by atoms with Gasteiger partial charge in [-0.05, 0) is 50.5 Å². The van der Waals surface area contributed by atoms with Crippen molar-refractivity contribution in [2.45, 2.75) is 44.6 Å². The molecule has 1 saturated heterocycles. The number of benzene rings is 1. The van der Waals surface area contributed by atoms with E-state index in [4.69, 9.17) is 10.3 Å². The number of likely N-dealkylation sites (tertiary alicyclic amines) is 1. The molecule has 2 heterocycles. The third-order valence-corrected chi connectivity index (χ3v) is 4.48. The average Bonchev–Trinajstić information content (AvgIpc) is 3.10. The van der Waals surface area contributed by atoms with E-state index in [1.54, 1.807) is 12.1 Å². The molecule has 0 spiro atoms. The topological polar surface area (TPSA) is 85.3 Å². The van der Waals surface area contributed by atoms with Crippen molar-refractivity contribution in [2.75, 3.05) is 13.1 Å². The van der Waals surface area contributed by atoms with Crippen LogP contribution in [-0.4, -0.2) is 40.1 Å². The Labute approximate surface area is 158 Å². The molecule has 2 aromatic rings. The number of carbonyl (C=O) groups excluding carboxylic acids is 1. The molecule has 1 fully saturated rings. The van der Waals surface area contributed by atoms with Gasteiger partial charge in [-0.3, -0.25) is 4.79 Å². The normalized spacial score (nSPS) is 18.3. The molecule has 142 valence electrons. The quantitative estimate of drug-likeness (QED) is 0.858. The van der Waals surface area contributed by atoms with E-state index in [1.807, 2.05) is 11.8 Å². The minimum absolute atomic E-state index is 0. The first-order valence-corrected chi connectivity index (χ1v) is 8.66. The van der Waals surface area contributed by atoms with Gasteiger partial charge in [-0.2, -0.15) is 4.98 Å². The van der Waals surface area contributed by atoms with Gasteiger partial charge in [0, 0.05) is 31.1 Å². The predicted molar refractivity (Wildman–Crippen MR) is 98.4 cm³/mol. The van der Waals surface area contributed by atoms with Crippen LogP contribution in [0.3, 0.4) is 0 Å². The van der Waals surface area contributed by atoms with E-state index in [1.165, 1.54) is 12.1 Å². The van der Waals surface area contributed by atoms with Crippen LogP contribution in [-0.2, 0) is 4.79 Å². The number of amides is 1. The highest BCUT2D eigenvalue weighted by atomic mass is 35.5. The Kier molecular flexibility index (Phi) is 7.11. The molecule has 6 nitrogen and oxygen atoms in total. The molecular formula is C18H24ClFN4O2. The van der Waals surface area contributed by atoms with Gasteiger partial charge < -0.3 is 15.2 Å². The first-order valence-electron chi connectivity index (χ1n) is 8.66. The number of hydrogen-bond donors (Lipinski definition) is 1. The largest absolute Gasteiger partial charge is 0.342 e. The van der Waals surface area contributed by atoms with E-state index < -0.39 is 0 Å². The van der Waals surface area contributed by atoms with Crippen molar-refractivity contribution in [2.24, 2.45) is 5.73 Å². The number of halogens is 2. The van der Waals surface area contributed by atoms with Crippen LogP contribution in [0, 0.1) is 5.82 Å². The Morgan fingerprint density at radius 2 is 2.15 bits per heavy atom. The second-order valence-corrected chi connectivity index (χ2v) is 6.66. The number of nitrogens with two attached hydrogens (primary N) is 1. The molecule has 1 aliphatic heterocycles. The Bertz CT molecular complexity index is 720. The van der Waals surface area contributed by atoms with Crippen LogP contribution >= 0.6 is 12.4 Å². The van der Waals surface area contributed by atoms with Gasteiger partial charge in [0.25, 0.3) is 0 Å². The van der Waals surface area contributed by atoms with Gasteiger partial charge in [-0.25, -0.2) is 4.39 Å². The molecule has 1 aliphatic rings. The van der Waals surface area contributed by atoms with E-state index in [0.717, 1.165) is 19.4 Å². The average molecular weight is 383 g/mol. The first kappa shape index (κ1) is 20.3. The highest BCUT2D eigenvalue weighted by Gasteiger charge is 2.28. The fraction of sp³-hybridized carbons (Fsp3) is 0.500. The Morgan fingerprint density at radius 3 is 2.85 bits per heavy atom. The smallest absolute Gasteiger partial charge is 0.231 e. The maximum absolute atomic E-state index is 13.0. The molecule has 26 heavy (non-hydrogen) atoms. The summed E-state index contributed by atoms with van der Waals surface area (Å²) in [5.41, 5.74) is 6.43. The molecule has 2 atom stereocenters. The first-order chi connectivity index (χ1) is 12.0. The second kappa shape index (κ2) is 9.09. The van der Waals surface area contributed by atoms with Crippen LogP contribution in [0.25, 0.3) is 11.4 Å². The molecule has 2 unspecified atom stereocenters. The van der Waals surface area contributed by atoms with E-state index in [-0.39, 0.29) is 36.1 Å². The highest BCUT2D eigenvalue weighted by Crippen LogP contribution is 2.28. The summed E-state index contributed by atoms with van der Waals surface area (Å²) in [5, 5.41) is 3.99. The summed E-state index contributed by atoms with van der Waals surface area (Å²) in [5.74, 6) is 0.829. The summed E-state index contributed by atoms with van der Waals surface area (Å²) in [6, 6.07) is 6.00. The fourth-order valence-corrected chi connectivity index (χ4v) is 3.03. The van der Waals surface area contributed by atoms with Crippen LogP contribution < -0.4 is 5.73 Å². The van der Waals surface area contributed by atoms with Crippen molar-refractivity contribution in [3.8, 4) is 11.4 Å². The van der Waals surface area contributed by atoms with Gasteiger partial charge >= 0.3 is 0 Å². The van der Waals surface area contributed by atoms with Crippen molar-refractivity contribution in [1.29, 1.82) is 0 Å². The zero-order valence-corrected chi connectivity index (χ0v) is 15.5. The molecule has 1 amide bonds. The molecule has 8 heteroatoms. The lowest BCUT2D eigenvalue weighted by Crippen LogP contribution is -2.39. The van der Waals surface area contributed by atoms with Crippen LogP contribution in [0.4, 0.5) is 4.39 Å². The maximum atomic E-state index is 13.0. The Balaban J connectivity index is 0.00000243. The van der Waals surface area contributed by atoms with Gasteiger partial charge in [0.2, 0.25) is 17.6 Å². The van der Waals surface area contributed by atoms with Crippen LogP contribution in [0.15, 0.2) is 28.8 Å². The third kappa shape index (κ3) is 5.02.